The average molecular weight is 245 g/mol. The fourth-order valence-corrected chi connectivity index (χ4v) is 3.81. The summed E-state index contributed by atoms with van der Waals surface area (Å²) in [5, 5.41) is 3.58. The van der Waals surface area contributed by atoms with Gasteiger partial charge in [-0.15, -0.1) is 12.3 Å². The zero-order chi connectivity index (χ0) is 12.5. The van der Waals surface area contributed by atoms with E-state index in [4.69, 9.17) is 11.4 Å². The molecule has 2 fully saturated rings. The second kappa shape index (κ2) is 4.84. The van der Waals surface area contributed by atoms with Crippen LogP contribution in [0.3, 0.4) is 0 Å². The van der Waals surface area contributed by atoms with E-state index in [0.29, 0.717) is 18.1 Å². The molecule has 0 radical (unpaired) electrons. The van der Waals surface area contributed by atoms with Crippen molar-refractivity contribution in [3.8, 4) is 12.3 Å². The maximum atomic E-state index is 5.38. The number of rotatable bonds is 2. The van der Waals surface area contributed by atoms with E-state index in [1.807, 2.05) is 0 Å². The van der Waals surface area contributed by atoms with Gasteiger partial charge in [-0.3, -0.25) is 0 Å². The lowest BCUT2D eigenvalue weighted by molar-refractivity contribution is 0.103. The Kier molecular flexibility index (Phi) is 3.20. The van der Waals surface area contributed by atoms with E-state index in [-0.39, 0.29) is 0 Å². The Hall–Kier alpha value is -1.17. The van der Waals surface area contributed by atoms with Crippen LogP contribution in [0.2, 0.25) is 0 Å². The first-order valence-corrected chi connectivity index (χ1v) is 7.34. The molecule has 0 spiro atoms. The van der Waals surface area contributed by atoms with Crippen LogP contribution in [-0.2, 0) is 0 Å². The molecule has 3 nitrogen and oxygen atoms in total. The monoisotopic (exact) mass is 245 g/mol. The number of nitrogens with zero attached hydrogens (tertiary/aromatic N) is 2. The van der Waals surface area contributed by atoms with Gasteiger partial charge in [0.1, 0.15) is 0 Å². The van der Waals surface area contributed by atoms with Gasteiger partial charge in [-0.25, -0.2) is 4.99 Å². The Morgan fingerprint density at radius 1 is 1.39 bits per heavy atom. The van der Waals surface area contributed by atoms with Crippen LogP contribution in [0.15, 0.2) is 4.99 Å². The number of piperidine rings is 1. The highest BCUT2D eigenvalue weighted by Gasteiger charge is 2.40. The van der Waals surface area contributed by atoms with Crippen LogP contribution in [0.1, 0.15) is 51.9 Å². The van der Waals surface area contributed by atoms with Gasteiger partial charge in [-0.05, 0) is 45.4 Å². The number of guanidine groups is 1. The Morgan fingerprint density at radius 2 is 2.17 bits per heavy atom. The van der Waals surface area contributed by atoms with Crippen LogP contribution in [0, 0.1) is 12.3 Å². The molecule has 0 aromatic rings. The summed E-state index contributed by atoms with van der Waals surface area (Å²) < 4.78 is 0. The van der Waals surface area contributed by atoms with Gasteiger partial charge in [-0.1, -0.05) is 0 Å². The SMILES string of the molecule is C#CCCC1CC2CCCC3CC(C)NC(=N1)N23. The third-order valence-electron chi connectivity index (χ3n) is 4.58. The Balaban J connectivity index is 1.80. The van der Waals surface area contributed by atoms with Crippen LogP contribution in [0.25, 0.3) is 0 Å². The minimum atomic E-state index is 0.439. The van der Waals surface area contributed by atoms with Crippen LogP contribution in [0.5, 0.6) is 0 Å². The van der Waals surface area contributed by atoms with Crippen molar-refractivity contribution >= 4 is 5.96 Å². The molecule has 0 aromatic carbocycles. The number of hydrogen-bond donors (Lipinski definition) is 1. The van der Waals surface area contributed by atoms with E-state index < -0.39 is 0 Å². The number of nitrogens with one attached hydrogen (secondary N) is 1. The van der Waals surface area contributed by atoms with E-state index in [1.54, 1.807) is 0 Å². The van der Waals surface area contributed by atoms with Crippen LogP contribution < -0.4 is 5.32 Å². The Morgan fingerprint density at radius 3 is 2.94 bits per heavy atom. The van der Waals surface area contributed by atoms with Gasteiger partial charge < -0.3 is 10.2 Å². The van der Waals surface area contributed by atoms with Crippen LogP contribution in [-0.4, -0.2) is 35.0 Å². The van der Waals surface area contributed by atoms with Crippen LogP contribution >= 0.6 is 0 Å². The first-order valence-electron chi connectivity index (χ1n) is 7.34. The summed E-state index contributed by atoms with van der Waals surface area (Å²) in [7, 11) is 0. The van der Waals surface area contributed by atoms with Crippen molar-refractivity contribution < 1.29 is 0 Å². The number of terminal acetylenes is 1. The molecule has 3 rings (SSSR count). The molecule has 0 aromatic heterocycles. The first-order chi connectivity index (χ1) is 8.78. The minimum absolute atomic E-state index is 0.439. The third-order valence-corrected chi connectivity index (χ3v) is 4.58. The molecule has 4 unspecified atom stereocenters. The molecule has 0 saturated carbocycles. The molecule has 3 aliphatic rings. The van der Waals surface area contributed by atoms with Crippen molar-refractivity contribution in [1.29, 1.82) is 0 Å². The largest absolute Gasteiger partial charge is 0.354 e. The summed E-state index contributed by atoms with van der Waals surface area (Å²) in [4.78, 5) is 7.49. The summed E-state index contributed by atoms with van der Waals surface area (Å²) in [5.74, 6) is 3.91. The van der Waals surface area contributed by atoms with Crippen molar-refractivity contribution in [2.75, 3.05) is 0 Å². The van der Waals surface area contributed by atoms with Gasteiger partial charge in [0.2, 0.25) is 0 Å². The smallest absolute Gasteiger partial charge is 0.194 e. The Labute approximate surface area is 110 Å². The second-order valence-electron chi connectivity index (χ2n) is 6.01. The topological polar surface area (TPSA) is 27.6 Å². The highest BCUT2D eigenvalue weighted by molar-refractivity contribution is 5.82. The summed E-state index contributed by atoms with van der Waals surface area (Å²) in [6.07, 6.45) is 13.8. The lowest BCUT2D eigenvalue weighted by Crippen LogP contribution is -2.64. The molecule has 3 aliphatic heterocycles. The summed E-state index contributed by atoms with van der Waals surface area (Å²) in [5.41, 5.74) is 0. The zero-order valence-electron chi connectivity index (χ0n) is 11.2. The van der Waals surface area contributed by atoms with Crippen molar-refractivity contribution in [3.63, 3.8) is 0 Å². The fraction of sp³-hybridized carbons (Fsp3) is 0.800. The van der Waals surface area contributed by atoms with E-state index >= 15 is 0 Å². The highest BCUT2D eigenvalue weighted by atomic mass is 15.4. The molecule has 2 saturated heterocycles. The quantitative estimate of drug-likeness (QED) is 0.755. The zero-order valence-corrected chi connectivity index (χ0v) is 11.2. The normalized spacial score (nSPS) is 38.2. The molecule has 98 valence electrons. The van der Waals surface area contributed by atoms with E-state index in [9.17, 15) is 0 Å². The molecule has 3 heteroatoms. The third kappa shape index (κ3) is 2.09. The minimum Gasteiger partial charge on any atom is -0.354 e. The summed E-state index contributed by atoms with van der Waals surface area (Å²) in [6.45, 7) is 2.27. The van der Waals surface area contributed by atoms with E-state index in [0.717, 1.165) is 24.8 Å². The maximum Gasteiger partial charge on any atom is 0.194 e. The van der Waals surface area contributed by atoms with Crippen molar-refractivity contribution in [2.24, 2.45) is 4.99 Å². The summed E-state index contributed by atoms with van der Waals surface area (Å²) in [6, 6.07) is 2.44. The standard InChI is InChI=1S/C15H23N3/c1-3-4-6-12-10-14-8-5-7-13-9-11(2)16-15(17-12)18(13)14/h1,11-14H,4-10H2,2H3,(H,16,17). The number of hydrogen-bond acceptors (Lipinski definition) is 3. The second-order valence-corrected chi connectivity index (χ2v) is 6.01. The molecule has 0 bridgehead atoms. The molecular formula is C15H23N3. The molecule has 4 atom stereocenters. The lowest BCUT2D eigenvalue weighted by atomic mass is 9.85. The van der Waals surface area contributed by atoms with Crippen molar-refractivity contribution in [2.45, 2.75) is 76.0 Å². The molecular weight excluding hydrogens is 222 g/mol. The Bertz CT molecular complexity index is 382. The predicted molar refractivity (Wildman–Crippen MR) is 74.4 cm³/mol. The molecule has 1 N–H and O–H groups in total. The van der Waals surface area contributed by atoms with Gasteiger partial charge in [0.05, 0.1) is 6.04 Å². The molecule has 0 aliphatic carbocycles. The van der Waals surface area contributed by atoms with Crippen molar-refractivity contribution in [1.82, 2.24) is 10.2 Å². The maximum absolute atomic E-state index is 5.38. The van der Waals surface area contributed by atoms with Gasteiger partial charge in [-0.2, -0.15) is 0 Å². The van der Waals surface area contributed by atoms with E-state index in [2.05, 4.69) is 23.1 Å². The van der Waals surface area contributed by atoms with Gasteiger partial charge in [0.15, 0.2) is 5.96 Å². The summed E-state index contributed by atoms with van der Waals surface area (Å²) >= 11 is 0. The molecule has 0 amide bonds. The average Bonchev–Trinajstić information content (AvgIpc) is 2.36. The van der Waals surface area contributed by atoms with Gasteiger partial charge in [0.25, 0.3) is 0 Å². The van der Waals surface area contributed by atoms with E-state index in [1.165, 1.54) is 32.1 Å². The van der Waals surface area contributed by atoms with Crippen molar-refractivity contribution in [3.05, 3.63) is 0 Å². The first kappa shape index (κ1) is 11.9. The fourth-order valence-electron chi connectivity index (χ4n) is 3.81. The predicted octanol–water partition coefficient (Wildman–Crippen LogP) is 2.13. The highest BCUT2D eigenvalue weighted by Crippen LogP contribution is 2.34. The molecule has 18 heavy (non-hydrogen) atoms. The lowest BCUT2D eigenvalue weighted by Gasteiger charge is -2.52. The van der Waals surface area contributed by atoms with Gasteiger partial charge >= 0.3 is 0 Å². The number of aliphatic imine (C=N–C) groups is 1. The molecule has 3 heterocycles. The van der Waals surface area contributed by atoms with Crippen LogP contribution in [0.4, 0.5) is 0 Å². The van der Waals surface area contributed by atoms with Gasteiger partial charge in [0, 0.05) is 24.5 Å².